The van der Waals surface area contributed by atoms with E-state index in [1.807, 2.05) is 0 Å². The SMILES string of the molecule is CS(=O)(=O)c1ccc2nc(NC(=O)/C=C/c3ccc(F)c(Cl)c3)sc2c1. The van der Waals surface area contributed by atoms with Crippen molar-refractivity contribution in [3.63, 3.8) is 0 Å². The highest BCUT2D eigenvalue weighted by Gasteiger charge is 2.11. The third-order valence-corrected chi connectivity index (χ3v) is 5.72. The number of hydrogen-bond donors (Lipinski definition) is 1. The summed E-state index contributed by atoms with van der Waals surface area (Å²) in [4.78, 5) is 16.4. The second-order valence-corrected chi connectivity index (χ2v) is 8.87. The van der Waals surface area contributed by atoms with E-state index in [0.29, 0.717) is 20.9 Å². The summed E-state index contributed by atoms with van der Waals surface area (Å²) in [5.74, 6) is -0.955. The lowest BCUT2D eigenvalue weighted by molar-refractivity contribution is -0.111. The van der Waals surface area contributed by atoms with Gasteiger partial charge in [0, 0.05) is 12.3 Å². The van der Waals surface area contributed by atoms with Crippen LogP contribution in [0.4, 0.5) is 9.52 Å². The number of thiazole rings is 1. The normalized spacial score (nSPS) is 12.0. The fraction of sp³-hybridized carbons (Fsp3) is 0.0588. The van der Waals surface area contributed by atoms with Gasteiger partial charge in [-0.1, -0.05) is 29.0 Å². The number of aromatic nitrogens is 1. The highest BCUT2D eigenvalue weighted by molar-refractivity contribution is 7.90. The van der Waals surface area contributed by atoms with E-state index in [2.05, 4.69) is 10.3 Å². The summed E-state index contributed by atoms with van der Waals surface area (Å²) in [5.41, 5.74) is 1.17. The summed E-state index contributed by atoms with van der Waals surface area (Å²) in [6.07, 6.45) is 3.90. The Kier molecular flexibility index (Phi) is 5.08. The Morgan fingerprint density at radius 3 is 2.73 bits per heavy atom. The molecule has 0 atom stereocenters. The van der Waals surface area contributed by atoms with Crippen molar-refractivity contribution in [2.24, 2.45) is 0 Å². The quantitative estimate of drug-likeness (QED) is 0.656. The van der Waals surface area contributed by atoms with E-state index < -0.39 is 21.6 Å². The molecule has 0 unspecified atom stereocenters. The Morgan fingerprint density at radius 1 is 1.27 bits per heavy atom. The van der Waals surface area contributed by atoms with Crippen LogP contribution in [0.3, 0.4) is 0 Å². The first-order valence-electron chi connectivity index (χ1n) is 7.27. The molecular formula is C17H12ClFN2O3S2. The topological polar surface area (TPSA) is 76.1 Å². The van der Waals surface area contributed by atoms with Gasteiger partial charge in [0.05, 0.1) is 20.1 Å². The molecule has 3 aromatic rings. The van der Waals surface area contributed by atoms with E-state index in [0.717, 1.165) is 6.26 Å². The van der Waals surface area contributed by atoms with Crippen LogP contribution in [0.25, 0.3) is 16.3 Å². The van der Waals surface area contributed by atoms with Crippen LogP contribution < -0.4 is 5.32 Å². The molecule has 0 aliphatic carbocycles. The molecule has 2 aromatic carbocycles. The molecular weight excluding hydrogens is 399 g/mol. The Morgan fingerprint density at radius 2 is 2.04 bits per heavy atom. The molecule has 1 heterocycles. The van der Waals surface area contributed by atoms with Gasteiger partial charge in [0.25, 0.3) is 0 Å². The smallest absolute Gasteiger partial charge is 0.250 e. The number of hydrogen-bond acceptors (Lipinski definition) is 5. The van der Waals surface area contributed by atoms with Gasteiger partial charge in [0.1, 0.15) is 5.82 Å². The van der Waals surface area contributed by atoms with Gasteiger partial charge >= 0.3 is 0 Å². The van der Waals surface area contributed by atoms with E-state index in [9.17, 15) is 17.6 Å². The summed E-state index contributed by atoms with van der Waals surface area (Å²) >= 11 is 6.86. The first-order chi connectivity index (χ1) is 12.2. The number of halogens is 2. The molecule has 9 heteroatoms. The van der Waals surface area contributed by atoms with Gasteiger partial charge in [0.15, 0.2) is 15.0 Å². The average molecular weight is 411 g/mol. The molecule has 0 saturated heterocycles. The van der Waals surface area contributed by atoms with Gasteiger partial charge in [-0.2, -0.15) is 0 Å². The number of fused-ring (bicyclic) bond motifs is 1. The van der Waals surface area contributed by atoms with Gasteiger partial charge in [-0.05, 0) is 42.0 Å². The summed E-state index contributed by atoms with van der Waals surface area (Å²) in [5, 5.41) is 2.93. The third kappa shape index (κ3) is 4.27. The highest BCUT2D eigenvalue weighted by Crippen LogP contribution is 2.28. The van der Waals surface area contributed by atoms with Gasteiger partial charge in [-0.15, -0.1) is 0 Å². The van der Waals surface area contributed by atoms with Crippen LogP contribution in [0, 0.1) is 5.82 Å². The van der Waals surface area contributed by atoms with Crippen LogP contribution in [-0.2, 0) is 14.6 Å². The van der Waals surface area contributed by atoms with Crippen molar-refractivity contribution in [3.05, 3.63) is 58.9 Å². The molecule has 0 fully saturated rings. The van der Waals surface area contributed by atoms with E-state index in [1.165, 1.54) is 53.8 Å². The zero-order chi connectivity index (χ0) is 18.9. The van der Waals surface area contributed by atoms with Crippen molar-refractivity contribution in [1.29, 1.82) is 0 Å². The zero-order valence-electron chi connectivity index (χ0n) is 13.4. The van der Waals surface area contributed by atoms with Crippen molar-refractivity contribution in [3.8, 4) is 0 Å². The number of amides is 1. The van der Waals surface area contributed by atoms with Crippen molar-refractivity contribution in [2.45, 2.75) is 4.90 Å². The molecule has 1 aromatic heterocycles. The second-order valence-electron chi connectivity index (χ2n) is 5.42. The fourth-order valence-electron chi connectivity index (χ4n) is 2.12. The third-order valence-electron chi connectivity index (χ3n) is 3.39. The predicted octanol–water partition coefficient (Wildman–Crippen LogP) is 4.14. The summed E-state index contributed by atoms with van der Waals surface area (Å²) in [6, 6.07) is 8.71. The maximum atomic E-state index is 13.1. The van der Waals surface area contributed by atoms with E-state index in [-0.39, 0.29) is 9.92 Å². The molecule has 1 N–H and O–H groups in total. The Hall–Kier alpha value is -2.29. The average Bonchev–Trinajstić information content (AvgIpc) is 2.96. The molecule has 134 valence electrons. The number of nitrogens with zero attached hydrogens (tertiary/aromatic N) is 1. The molecule has 0 bridgehead atoms. The van der Waals surface area contributed by atoms with Crippen LogP contribution in [0.5, 0.6) is 0 Å². The minimum atomic E-state index is -3.31. The summed E-state index contributed by atoms with van der Waals surface area (Å²) in [7, 11) is -3.31. The van der Waals surface area contributed by atoms with Gasteiger partial charge in [-0.3, -0.25) is 10.1 Å². The molecule has 3 rings (SSSR count). The number of rotatable bonds is 4. The van der Waals surface area contributed by atoms with Crippen LogP contribution in [-0.4, -0.2) is 25.6 Å². The number of sulfone groups is 1. The lowest BCUT2D eigenvalue weighted by Gasteiger charge is -1.97. The number of nitrogens with one attached hydrogen (secondary N) is 1. The van der Waals surface area contributed by atoms with Crippen LogP contribution in [0.2, 0.25) is 5.02 Å². The molecule has 0 saturated carbocycles. The summed E-state index contributed by atoms with van der Waals surface area (Å²) in [6.45, 7) is 0. The van der Waals surface area contributed by atoms with Crippen LogP contribution >= 0.6 is 22.9 Å². The lowest BCUT2D eigenvalue weighted by atomic mass is 10.2. The monoisotopic (exact) mass is 410 g/mol. The zero-order valence-corrected chi connectivity index (χ0v) is 15.8. The summed E-state index contributed by atoms with van der Waals surface area (Å²) < 4.78 is 37.0. The van der Waals surface area contributed by atoms with Crippen LogP contribution in [0.15, 0.2) is 47.4 Å². The number of carbonyl (C=O) groups is 1. The molecule has 0 radical (unpaired) electrons. The Labute approximate surface area is 158 Å². The van der Waals surface area contributed by atoms with Gasteiger partial charge in [0.2, 0.25) is 5.91 Å². The minimum absolute atomic E-state index is 0.0274. The number of anilines is 1. The van der Waals surface area contributed by atoms with E-state index in [4.69, 9.17) is 11.6 Å². The molecule has 1 amide bonds. The van der Waals surface area contributed by atoms with E-state index >= 15 is 0 Å². The van der Waals surface area contributed by atoms with Crippen molar-refractivity contribution in [1.82, 2.24) is 4.98 Å². The Balaban J connectivity index is 1.76. The standard InChI is InChI=1S/C17H12ClFN2O3S2/c1-26(23,24)11-4-6-14-15(9-11)25-17(20-14)21-16(22)7-3-10-2-5-13(19)12(18)8-10/h2-9H,1H3,(H,20,21,22)/b7-3+. The number of carbonyl (C=O) groups excluding carboxylic acids is 1. The first kappa shape index (κ1) is 18.5. The van der Waals surface area contributed by atoms with E-state index in [1.54, 1.807) is 6.07 Å². The molecule has 0 aliphatic rings. The maximum Gasteiger partial charge on any atom is 0.250 e. The Bertz CT molecular complexity index is 1140. The lowest BCUT2D eigenvalue weighted by Crippen LogP contribution is -2.07. The second kappa shape index (κ2) is 7.14. The van der Waals surface area contributed by atoms with Gasteiger partial charge in [-0.25, -0.2) is 17.8 Å². The first-order valence-corrected chi connectivity index (χ1v) is 10.4. The molecule has 5 nitrogen and oxygen atoms in total. The molecule has 26 heavy (non-hydrogen) atoms. The highest BCUT2D eigenvalue weighted by atomic mass is 35.5. The molecule has 0 spiro atoms. The largest absolute Gasteiger partial charge is 0.298 e. The predicted molar refractivity (Wildman–Crippen MR) is 102 cm³/mol. The van der Waals surface area contributed by atoms with Crippen LogP contribution in [0.1, 0.15) is 5.56 Å². The minimum Gasteiger partial charge on any atom is -0.298 e. The number of benzene rings is 2. The van der Waals surface area contributed by atoms with Crippen molar-refractivity contribution >= 4 is 60.1 Å². The fourth-order valence-corrected chi connectivity index (χ4v) is 3.94. The van der Waals surface area contributed by atoms with Gasteiger partial charge < -0.3 is 0 Å². The van der Waals surface area contributed by atoms with Crippen molar-refractivity contribution in [2.75, 3.05) is 11.6 Å². The molecule has 0 aliphatic heterocycles. The van der Waals surface area contributed by atoms with Crippen molar-refractivity contribution < 1.29 is 17.6 Å². The maximum absolute atomic E-state index is 13.1.